The first-order chi connectivity index (χ1) is 7.70. The second-order valence-electron chi connectivity index (χ2n) is 3.74. The maximum Gasteiger partial charge on any atom is 0.119 e. The minimum absolute atomic E-state index is 0.248. The predicted molar refractivity (Wildman–Crippen MR) is 64.6 cm³/mol. The van der Waals surface area contributed by atoms with Crippen molar-refractivity contribution in [1.82, 2.24) is 0 Å². The molecule has 82 valence electrons. The quantitative estimate of drug-likeness (QED) is 0.805. The Hall–Kier alpha value is -1.96. The second-order valence-corrected chi connectivity index (χ2v) is 3.74. The van der Waals surface area contributed by atoms with E-state index in [4.69, 9.17) is 0 Å². The van der Waals surface area contributed by atoms with Gasteiger partial charge in [-0.1, -0.05) is 31.2 Å². The fourth-order valence-corrected chi connectivity index (χ4v) is 1.70. The summed E-state index contributed by atoms with van der Waals surface area (Å²) in [5.74, 6) is 0.575. The molecule has 0 atom stereocenters. The van der Waals surface area contributed by atoms with Gasteiger partial charge in [-0.05, 0) is 41.3 Å². The van der Waals surface area contributed by atoms with Gasteiger partial charge in [0.05, 0.1) is 0 Å². The molecule has 0 fully saturated rings. The van der Waals surface area contributed by atoms with Crippen molar-refractivity contribution in [3.8, 4) is 22.6 Å². The fraction of sp³-hybridized carbons (Fsp3) is 0.143. The zero-order valence-electron chi connectivity index (χ0n) is 9.14. The van der Waals surface area contributed by atoms with Crippen molar-refractivity contribution >= 4 is 0 Å². The number of phenols is 2. The maximum atomic E-state index is 9.76. The van der Waals surface area contributed by atoms with Crippen LogP contribution < -0.4 is 0 Å². The largest absolute Gasteiger partial charge is 0.508 e. The van der Waals surface area contributed by atoms with E-state index >= 15 is 0 Å². The summed E-state index contributed by atoms with van der Waals surface area (Å²) in [6, 6.07) is 12.6. The number of benzene rings is 2. The summed E-state index contributed by atoms with van der Waals surface area (Å²) in [6.45, 7) is 2.01. The van der Waals surface area contributed by atoms with Crippen LogP contribution in [0.15, 0.2) is 42.5 Å². The van der Waals surface area contributed by atoms with Crippen LogP contribution >= 0.6 is 0 Å². The molecule has 0 amide bonds. The van der Waals surface area contributed by atoms with E-state index in [1.54, 1.807) is 18.2 Å². The van der Waals surface area contributed by atoms with E-state index in [2.05, 4.69) is 0 Å². The zero-order valence-corrected chi connectivity index (χ0v) is 9.14. The number of phenolic OH excluding ortho intramolecular Hbond substituents is 2. The minimum Gasteiger partial charge on any atom is -0.508 e. The van der Waals surface area contributed by atoms with Crippen molar-refractivity contribution in [2.24, 2.45) is 0 Å². The van der Waals surface area contributed by atoms with Crippen molar-refractivity contribution in [2.45, 2.75) is 13.3 Å². The first kappa shape index (κ1) is 10.6. The van der Waals surface area contributed by atoms with Gasteiger partial charge in [0.1, 0.15) is 11.5 Å². The molecule has 2 aromatic rings. The van der Waals surface area contributed by atoms with E-state index in [0.29, 0.717) is 5.75 Å². The standard InChI is InChI=1S/C14H14O2/c1-2-10-3-4-12(9-14(10)16)11-5-7-13(15)8-6-11/h3-9,15-16H,2H2,1H3. The molecule has 2 nitrogen and oxygen atoms in total. The summed E-state index contributed by atoms with van der Waals surface area (Å²) >= 11 is 0. The SMILES string of the molecule is CCc1ccc(-c2ccc(O)cc2)cc1O. The van der Waals surface area contributed by atoms with Gasteiger partial charge in [0.15, 0.2) is 0 Å². The molecule has 16 heavy (non-hydrogen) atoms. The molecule has 0 bridgehead atoms. The third-order valence-corrected chi connectivity index (χ3v) is 2.67. The number of aryl methyl sites for hydroxylation is 1. The Labute approximate surface area is 94.8 Å². The molecule has 0 saturated heterocycles. The van der Waals surface area contributed by atoms with Gasteiger partial charge in [0.2, 0.25) is 0 Å². The van der Waals surface area contributed by atoms with Gasteiger partial charge < -0.3 is 10.2 Å². The highest BCUT2D eigenvalue weighted by Crippen LogP contribution is 2.27. The van der Waals surface area contributed by atoms with E-state index in [0.717, 1.165) is 23.1 Å². The van der Waals surface area contributed by atoms with Crippen molar-refractivity contribution < 1.29 is 10.2 Å². The van der Waals surface area contributed by atoms with Gasteiger partial charge in [-0.15, -0.1) is 0 Å². The fourth-order valence-electron chi connectivity index (χ4n) is 1.70. The smallest absolute Gasteiger partial charge is 0.119 e. The van der Waals surface area contributed by atoms with Gasteiger partial charge in [0, 0.05) is 0 Å². The summed E-state index contributed by atoms with van der Waals surface area (Å²) in [7, 11) is 0. The molecule has 0 aromatic heterocycles. The average molecular weight is 214 g/mol. The Balaban J connectivity index is 2.41. The minimum atomic E-state index is 0.248. The summed E-state index contributed by atoms with van der Waals surface area (Å²) in [4.78, 5) is 0. The lowest BCUT2D eigenvalue weighted by atomic mass is 10.0. The molecule has 2 rings (SSSR count). The highest BCUT2D eigenvalue weighted by molar-refractivity contribution is 5.66. The van der Waals surface area contributed by atoms with Crippen LogP contribution in [0.1, 0.15) is 12.5 Å². The van der Waals surface area contributed by atoms with E-state index in [-0.39, 0.29) is 5.75 Å². The Morgan fingerprint density at radius 2 is 1.50 bits per heavy atom. The van der Waals surface area contributed by atoms with Crippen LogP contribution in [0.5, 0.6) is 11.5 Å². The Kier molecular flexibility index (Phi) is 2.82. The Bertz CT molecular complexity index is 487. The monoisotopic (exact) mass is 214 g/mol. The molecule has 0 radical (unpaired) electrons. The lowest BCUT2D eigenvalue weighted by Gasteiger charge is -2.06. The molecule has 0 aliphatic carbocycles. The van der Waals surface area contributed by atoms with Crippen LogP contribution in [-0.4, -0.2) is 10.2 Å². The Morgan fingerprint density at radius 1 is 0.875 bits per heavy atom. The molecule has 0 saturated carbocycles. The van der Waals surface area contributed by atoms with Crippen molar-refractivity contribution in [2.75, 3.05) is 0 Å². The van der Waals surface area contributed by atoms with Gasteiger partial charge >= 0.3 is 0 Å². The topological polar surface area (TPSA) is 40.5 Å². The molecule has 0 aliphatic rings. The first-order valence-corrected chi connectivity index (χ1v) is 5.32. The zero-order chi connectivity index (χ0) is 11.5. The van der Waals surface area contributed by atoms with Crippen LogP contribution in [0, 0.1) is 0 Å². The highest BCUT2D eigenvalue weighted by atomic mass is 16.3. The molecule has 2 heteroatoms. The van der Waals surface area contributed by atoms with E-state index in [9.17, 15) is 10.2 Å². The highest BCUT2D eigenvalue weighted by Gasteiger charge is 2.02. The van der Waals surface area contributed by atoms with Gasteiger partial charge in [-0.3, -0.25) is 0 Å². The normalized spacial score (nSPS) is 10.3. The molecule has 0 spiro atoms. The number of hydrogen-bond donors (Lipinski definition) is 2. The molecule has 0 unspecified atom stereocenters. The summed E-state index contributed by atoms with van der Waals surface area (Å²) in [5, 5.41) is 18.9. The van der Waals surface area contributed by atoms with Gasteiger partial charge in [0.25, 0.3) is 0 Å². The molecular weight excluding hydrogens is 200 g/mol. The van der Waals surface area contributed by atoms with Gasteiger partial charge in [-0.2, -0.15) is 0 Å². The predicted octanol–water partition coefficient (Wildman–Crippen LogP) is 3.33. The van der Waals surface area contributed by atoms with Crippen molar-refractivity contribution in [3.05, 3.63) is 48.0 Å². The van der Waals surface area contributed by atoms with E-state index in [1.807, 2.05) is 31.2 Å². The average Bonchev–Trinajstić information content (AvgIpc) is 2.30. The van der Waals surface area contributed by atoms with Gasteiger partial charge in [-0.25, -0.2) is 0 Å². The van der Waals surface area contributed by atoms with Crippen LogP contribution in [0.3, 0.4) is 0 Å². The third-order valence-electron chi connectivity index (χ3n) is 2.67. The van der Waals surface area contributed by atoms with Crippen LogP contribution in [0.2, 0.25) is 0 Å². The number of rotatable bonds is 2. The molecular formula is C14H14O2. The number of hydrogen-bond acceptors (Lipinski definition) is 2. The van der Waals surface area contributed by atoms with Crippen LogP contribution in [-0.2, 0) is 6.42 Å². The molecule has 0 aliphatic heterocycles. The lowest BCUT2D eigenvalue weighted by Crippen LogP contribution is -1.83. The molecule has 2 N–H and O–H groups in total. The first-order valence-electron chi connectivity index (χ1n) is 5.32. The van der Waals surface area contributed by atoms with Crippen molar-refractivity contribution in [3.63, 3.8) is 0 Å². The number of aromatic hydroxyl groups is 2. The van der Waals surface area contributed by atoms with E-state index < -0.39 is 0 Å². The van der Waals surface area contributed by atoms with Crippen molar-refractivity contribution in [1.29, 1.82) is 0 Å². The summed E-state index contributed by atoms with van der Waals surface area (Å²) < 4.78 is 0. The summed E-state index contributed by atoms with van der Waals surface area (Å²) in [5.41, 5.74) is 2.88. The second kappa shape index (κ2) is 4.27. The Morgan fingerprint density at radius 3 is 2.06 bits per heavy atom. The third kappa shape index (κ3) is 2.01. The molecule has 2 aromatic carbocycles. The molecule has 0 heterocycles. The van der Waals surface area contributed by atoms with Crippen LogP contribution in [0.4, 0.5) is 0 Å². The maximum absolute atomic E-state index is 9.76. The summed E-state index contributed by atoms with van der Waals surface area (Å²) in [6.07, 6.45) is 0.821. The van der Waals surface area contributed by atoms with E-state index in [1.165, 1.54) is 0 Å². The van der Waals surface area contributed by atoms with Crippen LogP contribution in [0.25, 0.3) is 11.1 Å². The lowest BCUT2D eigenvalue weighted by molar-refractivity contribution is 0.469.